The Bertz CT molecular complexity index is 907. The van der Waals surface area contributed by atoms with E-state index in [0.29, 0.717) is 22.1 Å². The highest BCUT2D eigenvalue weighted by Crippen LogP contribution is 2.40. The quantitative estimate of drug-likeness (QED) is 0.626. The molecule has 0 amide bonds. The fourth-order valence-corrected chi connectivity index (χ4v) is 3.14. The van der Waals surface area contributed by atoms with Gasteiger partial charge in [0.1, 0.15) is 5.15 Å². The van der Waals surface area contributed by atoms with Gasteiger partial charge in [-0.25, -0.2) is 14.3 Å². The van der Waals surface area contributed by atoms with Gasteiger partial charge >= 0.3 is 6.09 Å². The molecule has 2 heterocycles. The number of hydrogen-bond acceptors (Lipinski definition) is 2. The molecule has 23 heavy (non-hydrogen) atoms. The van der Waals surface area contributed by atoms with Crippen LogP contribution in [0.25, 0.3) is 22.3 Å². The maximum atomic E-state index is 11.9. The Kier molecular flexibility index (Phi) is 3.65. The van der Waals surface area contributed by atoms with Gasteiger partial charge in [0.2, 0.25) is 0 Å². The maximum Gasteiger partial charge on any atom is 0.416 e. The van der Waals surface area contributed by atoms with E-state index in [2.05, 4.69) is 25.8 Å². The Labute approximate surface area is 139 Å². The second-order valence-electron chi connectivity index (χ2n) is 6.45. The topological polar surface area (TPSA) is 55.1 Å². The molecular formula is C18H17ClN2O2. The van der Waals surface area contributed by atoms with Crippen LogP contribution >= 0.6 is 11.6 Å². The van der Waals surface area contributed by atoms with E-state index in [0.717, 1.165) is 10.9 Å². The van der Waals surface area contributed by atoms with Crippen molar-refractivity contribution in [1.82, 2.24) is 9.55 Å². The monoisotopic (exact) mass is 328 g/mol. The molecule has 118 valence electrons. The second kappa shape index (κ2) is 5.39. The molecule has 0 saturated carbocycles. The van der Waals surface area contributed by atoms with E-state index in [4.69, 9.17) is 11.6 Å². The van der Waals surface area contributed by atoms with Gasteiger partial charge in [-0.2, -0.15) is 0 Å². The zero-order chi connectivity index (χ0) is 16.8. The normalized spacial score (nSPS) is 11.8. The third-order valence-electron chi connectivity index (χ3n) is 3.77. The molecule has 0 aliphatic carbocycles. The summed E-state index contributed by atoms with van der Waals surface area (Å²) < 4.78 is 1.30. The molecule has 5 heteroatoms. The average Bonchev–Trinajstić information content (AvgIpc) is 2.82. The van der Waals surface area contributed by atoms with Crippen LogP contribution in [-0.4, -0.2) is 20.8 Å². The molecule has 0 radical (unpaired) electrons. The number of carbonyl (C=O) groups is 1. The van der Waals surface area contributed by atoms with Crippen molar-refractivity contribution < 1.29 is 9.90 Å². The zero-order valence-electron chi connectivity index (χ0n) is 13.2. The number of pyridine rings is 1. The summed E-state index contributed by atoms with van der Waals surface area (Å²) >= 11 is 6.02. The minimum Gasteiger partial charge on any atom is -0.464 e. The summed E-state index contributed by atoms with van der Waals surface area (Å²) in [5.74, 6) is 0. The van der Waals surface area contributed by atoms with Crippen molar-refractivity contribution in [2.75, 3.05) is 0 Å². The Morgan fingerprint density at radius 1 is 1.13 bits per heavy atom. The van der Waals surface area contributed by atoms with Gasteiger partial charge in [0.05, 0.1) is 16.9 Å². The second-order valence-corrected chi connectivity index (χ2v) is 6.84. The molecule has 1 N–H and O–H groups in total. The average molecular weight is 329 g/mol. The van der Waals surface area contributed by atoms with Crippen molar-refractivity contribution in [2.45, 2.75) is 26.2 Å². The molecule has 0 saturated heterocycles. The van der Waals surface area contributed by atoms with E-state index in [1.807, 2.05) is 24.3 Å². The first-order chi connectivity index (χ1) is 10.8. The third kappa shape index (κ3) is 2.59. The predicted molar refractivity (Wildman–Crippen MR) is 92.3 cm³/mol. The number of para-hydroxylation sites is 1. The van der Waals surface area contributed by atoms with Gasteiger partial charge in [0.15, 0.2) is 0 Å². The fraction of sp³-hybridized carbons (Fsp3) is 0.222. The molecule has 3 rings (SSSR count). The van der Waals surface area contributed by atoms with Crippen LogP contribution in [0.3, 0.4) is 0 Å². The minimum absolute atomic E-state index is 0.250. The molecule has 0 unspecified atom stereocenters. The Balaban J connectivity index is 2.52. The van der Waals surface area contributed by atoms with Gasteiger partial charge in [-0.05, 0) is 29.2 Å². The minimum atomic E-state index is -1.03. The molecule has 0 aliphatic heterocycles. The SMILES string of the molecule is CC(C)(C)c1c(-c2cccc(Cl)n2)n(C(=O)O)c2ccccc12. The summed E-state index contributed by atoms with van der Waals surface area (Å²) in [5, 5.41) is 11.0. The highest BCUT2D eigenvalue weighted by molar-refractivity contribution is 6.29. The van der Waals surface area contributed by atoms with Crippen molar-refractivity contribution in [3.05, 3.63) is 53.2 Å². The molecule has 0 bridgehead atoms. The highest BCUT2D eigenvalue weighted by Gasteiger charge is 2.29. The first-order valence-corrected chi connectivity index (χ1v) is 7.68. The number of hydrogen-bond donors (Lipinski definition) is 1. The van der Waals surface area contributed by atoms with E-state index in [1.165, 1.54) is 4.57 Å². The van der Waals surface area contributed by atoms with E-state index < -0.39 is 6.09 Å². The number of aromatic nitrogens is 2. The van der Waals surface area contributed by atoms with E-state index in [-0.39, 0.29) is 5.41 Å². The lowest BCUT2D eigenvalue weighted by Gasteiger charge is -2.21. The molecule has 0 aliphatic rings. The van der Waals surface area contributed by atoms with Crippen molar-refractivity contribution in [2.24, 2.45) is 0 Å². The van der Waals surface area contributed by atoms with Crippen molar-refractivity contribution in [3.8, 4) is 11.4 Å². The summed E-state index contributed by atoms with van der Waals surface area (Å²) in [6.45, 7) is 6.19. The first kappa shape index (κ1) is 15.6. The summed E-state index contributed by atoms with van der Waals surface area (Å²) in [6.07, 6.45) is -1.03. The summed E-state index contributed by atoms with van der Waals surface area (Å²) in [5.41, 5.74) is 2.49. The number of rotatable bonds is 1. The van der Waals surface area contributed by atoms with Gasteiger partial charge in [-0.15, -0.1) is 0 Å². The molecule has 4 nitrogen and oxygen atoms in total. The zero-order valence-corrected chi connectivity index (χ0v) is 13.9. The molecule has 0 fully saturated rings. The summed E-state index contributed by atoms with van der Waals surface area (Å²) in [6, 6.07) is 12.8. The van der Waals surface area contributed by atoms with E-state index in [1.54, 1.807) is 18.2 Å². The van der Waals surface area contributed by atoms with E-state index >= 15 is 0 Å². The largest absolute Gasteiger partial charge is 0.464 e. The lowest BCUT2D eigenvalue weighted by Crippen LogP contribution is -2.15. The van der Waals surface area contributed by atoms with Crippen LogP contribution < -0.4 is 0 Å². The smallest absolute Gasteiger partial charge is 0.416 e. The van der Waals surface area contributed by atoms with Gasteiger partial charge in [0.25, 0.3) is 0 Å². The van der Waals surface area contributed by atoms with Crippen LogP contribution in [0.5, 0.6) is 0 Å². The lowest BCUT2D eigenvalue weighted by molar-refractivity contribution is 0.198. The maximum absolute atomic E-state index is 11.9. The molecule has 2 aromatic heterocycles. The number of benzene rings is 1. The van der Waals surface area contributed by atoms with Crippen LogP contribution in [0, 0.1) is 0 Å². The predicted octanol–water partition coefficient (Wildman–Crippen LogP) is 5.18. The number of nitrogens with zero attached hydrogens (tertiary/aromatic N) is 2. The van der Waals surface area contributed by atoms with Gasteiger partial charge in [-0.1, -0.05) is 56.6 Å². The Hall–Kier alpha value is -2.33. The van der Waals surface area contributed by atoms with Crippen LogP contribution in [0.2, 0.25) is 5.15 Å². The van der Waals surface area contributed by atoms with Crippen LogP contribution in [0.1, 0.15) is 26.3 Å². The Morgan fingerprint density at radius 3 is 2.43 bits per heavy atom. The highest BCUT2D eigenvalue weighted by atomic mass is 35.5. The van der Waals surface area contributed by atoms with Crippen LogP contribution in [-0.2, 0) is 5.41 Å². The molecular weight excluding hydrogens is 312 g/mol. The number of fused-ring (bicyclic) bond motifs is 1. The Morgan fingerprint density at radius 2 is 1.83 bits per heavy atom. The molecule has 3 aromatic rings. The molecule has 1 aromatic carbocycles. The van der Waals surface area contributed by atoms with E-state index in [9.17, 15) is 9.90 Å². The molecule has 0 atom stereocenters. The van der Waals surface area contributed by atoms with Crippen LogP contribution in [0.4, 0.5) is 4.79 Å². The number of halogens is 1. The van der Waals surface area contributed by atoms with Crippen molar-refractivity contribution in [1.29, 1.82) is 0 Å². The standard InChI is InChI=1S/C18H17ClN2O2/c1-18(2,3)15-11-7-4-5-9-13(11)21(17(22)23)16(15)12-8-6-10-14(19)20-12/h4-10H,1-3H3,(H,22,23). The van der Waals surface area contributed by atoms with Crippen molar-refractivity contribution in [3.63, 3.8) is 0 Å². The lowest BCUT2D eigenvalue weighted by atomic mass is 9.84. The summed E-state index contributed by atoms with van der Waals surface area (Å²) in [7, 11) is 0. The first-order valence-electron chi connectivity index (χ1n) is 7.31. The molecule has 0 spiro atoms. The van der Waals surface area contributed by atoms with Crippen molar-refractivity contribution >= 4 is 28.6 Å². The van der Waals surface area contributed by atoms with Gasteiger partial charge in [0, 0.05) is 5.39 Å². The van der Waals surface area contributed by atoms with Gasteiger partial charge in [-0.3, -0.25) is 0 Å². The number of carboxylic acid groups (broad SMARTS) is 1. The fourth-order valence-electron chi connectivity index (χ4n) is 2.98. The van der Waals surface area contributed by atoms with Gasteiger partial charge < -0.3 is 5.11 Å². The summed E-state index contributed by atoms with van der Waals surface area (Å²) in [4.78, 5) is 16.3. The van der Waals surface area contributed by atoms with Crippen LogP contribution in [0.15, 0.2) is 42.5 Å². The third-order valence-corrected chi connectivity index (χ3v) is 3.98.